The number of ether oxygens (including phenoxy) is 3. The Hall–Kier alpha value is -2.34. The van der Waals surface area contributed by atoms with Crippen molar-refractivity contribution < 1.29 is 19.0 Å². The summed E-state index contributed by atoms with van der Waals surface area (Å²) in [5, 5.41) is -0.100. The van der Waals surface area contributed by atoms with Crippen LogP contribution in [0.15, 0.2) is 48.5 Å². The molecular formula is C19H21NO4S. The average Bonchev–Trinajstić information content (AvgIpc) is 3.02. The van der Waals surface area contributed by atoms with Gasteiger partial charge in [-0.3, -0.25) is 4.79 Å². The Morgan fingerprint density at radius 3 is 2.60 bits per heavy atom. The lowest BCUT2D eigenvalue weighted by atomic mass is 10.1. The predicted molar refractivity (Wildman–Crippen MR) is 98.4 cm³/mol. The Bertz CT molecular complexity index is 723. The van der Waals surface area contributed by atoms with E-state index >= 15 is 0 Å². The van der Waals surface area contributed by atoms with Crippen LogP contribution in [0.2, 0.25) is 0 Å². The van der Waals surface area contributed by atoms with Crippen LogP contribution in [0.4, 0.5) is 0 Å². The third-order valence-corrected chi connectivity index (χ3v) is 5.25. The summed E-state index contributed by atoms with van der Waals surface area (Å²) in [6.45, 7) is 0.963. The van der Waals surface area contributed by atoms with Crippen molar-refractivity contribution in [2.75, 3.05) is 33.1 Å². The number of thioether (sulfide) groups is 1. The molecule has 1 heterocycles. The largest absolute Gasteiger partial charge is 0.497 e. The summed E-state index contributed by atoms with van der Waals surface area (Å²) in [5.74, 6) is 2.86. The molecule has 0 radical (unpaired) electrons. The summed E-state index contributed by atoms with van der Waals surface area (Å²) >= 11 is 1.59. The molecule has 5 nitrogen and oxygen atoms in total. The van der Waals surface area contributed by atoms with Crippen molar-refractivity contribution in [1.82, 2.24) is 4.90 Å². The molecule has 0 aromatic heterocycles. The topological polar surface area (TPSA) is 48.0 Å². The van der Waals surface area contributed by atoms with Crippen molar-refractivity contribution in [3.05, 3.63) is 54.1 Å². The number of benzene rings is 2. The van der Waals surface area contributed by atoms with Crippen LogP contribution in [0.25, 0.3) is 0 Å². The first-order chi connectivity index (χ1) is 12.2. The summed E-state index contributed by atoms with van der Waals surface area (Å²) in [4.78, 5) is 14.2. The molecule has 1 unspecified atom stereocenters. The first kappa shape index (κ1) is 17.5. The quantitative estimate of drug-likeness (QED) is 0.759. The molecule has 0 bridgehead atoms. The van der Waals surface area contributed by atoms with Gasteiger partial charge in [-0.15, -0.1) is 11.8 Å². The molecule has 0 spiro atoms. The summed E-state index contributed by atoms with van der Waals surface area (Å²) in [6.07, 6.45) is 0. The van der Waals surface area contributed by atoms with Gasteiger partial charge in [0.05, 0.1) is 26.5 Å². The van der Waals surface area contributed by atoms with Gasteiger partial charge < -0.3 is 19.1 Å². The number of nitrogens with zero attached hydrogens (tertiary/aromatic N) is 1. The van der Waals surface area contributed by atoms with Gasteiger partial charge in [0.1, 0.15) is 29.2 Å². The highest BCUT2D eigenvalue weighted by Gasteiger charge is 2.34. The van der Waals surface area contributed by atoms with Gasteiger partial charge >= 0.3 is 0 Å². The second-order valence-corrected chi connectivity index (χ2v) is 6.59. The minimum Gasteiger partial charge on any atom is -0.497 e. The lowest BCUT2D eigenvalue weighted by Crippen LogP contribution is -2.32. The second kappa shape index (κ2) is 8.16. The zero-order valence-corrected chi connectivity index (χ0v) is 15.1. The van der Waals surface area contributed by atoms with Crippen LogP contribution < -0.4 is 14.2 Å². The zero-order chi connectivity index (χ0) is 17.6. The maximum absolute atomic E-state index is 12.3. The number of para-hydroxylation sites is 1. The number of amides is 1. The van der Waals surface area contributed by atoms with E-state index in [2.05, 4.69) is 0 Å². The minimum atomic E-state index is -0.100. The fourth-order valence-corrected chi connectivity index (χ4v) is 4.00. The highest BCUT2D eigenvalue weighted by Crippen LogP contribution is 2.43. The molecule has 1 saturated heterocycles. The van der Waals surface area contributed by atoms with Gasteiger partial charge in [0.2, 0.25) is 5.91 Å². The van der Waals surface area contributed by atoms with Crippen molar-refractivity contribution in [2.45, 2.75) is 5.37 Å². The van der Waals surface area contributed by atoms with E-state index in [-0.39, 0.29) is 11.3 Å². The molecule has 1 fully saturated rings. The predicted octanol–water partition coefficient (Wildman–Crippen LogP) is 3.36. The van der Waals surface area contributed by atoms with Crippen LogP contribution >= 0.6 is 11.8 Å². The standard InChI is InChI=1S/C19H21NO4S/c1-22-15-8-9-17(23-2)16(12-15)19-20(18(21)13-25-19)10-11-24-14-6-4-3-5-7-14/h3-9,12,19H,10-11,13H2,1-2H3. The van der Waals surface area contributed by atoms with Gasteiger partial charge in [-0.05, 0) is 30.3 Å². The van der Waals surface area contributed by atoms with Crippen LogP contribution in [0, 0.1) is 0 Å². The van der Waals surface area contributed by atoms with Gasteiger partial charge in [0.25, 0.3) is 0 Å². The van der Waals surface area contributed by atoms with E-state index in [1.807, 2.05) is 53.4 Å². The SMILES string of the molecule is COc1ccc(OC)c(C2SCC(=O)N2CCOc2ccccc2)c1. The van der Waals surface area contributed by atoms with Crippen molar-refractivity contribution in [3.8, 4) is 17.2 Å². The van der Waals surface area contributed by atoms with Crippen LogP contribution in [0.5, 0.6) is 17.2 Å². The molecule has 6 heteroatoms. The molecule has 2 aromatic carbocycles. The van der Waals surface area contributed by atoms with Gasteiger partial charge in [-0.1, -0.05) is 18.2 Å². The summed E-state index contributed by atoms with van der Waals surface area (Å²) in [6, 6.07) is 15.3. The lowest BCUT2D eigenvalue weighted by molar-refractivity contribution is -0.128. The Labute approximate surface area is 151 Å². The fourth-order valence-electron chi connectivity index (χ4n) is 2.76. The molecule has 1 aliphatic rings. The average molecular weight is 359 g/mol. The normalized spacial score (nSPS) is 16.8. The van der Waals surface area contributed by atoms with Crippen LogP contribution in [0.3, 0.4) is 0 Å². The first-order valence-corrected chi connectivity index (χ1v) is 9.08. The molecule has 1 amide bonds. The lowest BCUT2D eigenvalue weighted by Gasteiger charge is -2.25. The maximum Gasteiger partial charge on any atom is 0.233 e. The zero-order valence-electron chi connectivity index (χ0n) is 14.3. The minimum absolute atomic E-state index is 0.100. The Balaban J connectivity index is 1.73. The van der Waals surface area contributed by atoms with Crippen LogP contribution in [-0.2, 0) is 4.79 Å². The van der Waals surface area contributed by atoms with E-state index < -0.39 is 0 Å². The van der Waals surface area contributed by atoms with Gasteiger partial charge in [0.15, 0.2) is 0 Å². The summed E-state index contributed by atoms with van der Waals surface area (Å²) < 4.78 is 16.5. The Morgan fingerprint density at radius 2 is 1.88 bits per heavy atom. The van der Waals surface area contributed by atoms with E-state index in [0.717, 1.165) is 22.8 Å². The van der Waals surface area contributed by atoms with Crippen LogP contribution in [-0.4, -0.2) is 43.9 Å². The molecule has 3 rings (SSSR count). The molecule has 0 aliphatic carbocycles. The van der Waals surface area contributed by atoms with Crippen molar-refractivity contribution >= 4 is 17.7 Å². The van der Waals surface area contributed by atoms with Gasteiger partial charge in [0, 0.05) is 5.56 Å². The smallest absolute Gasteiger partial charge is 0.233 e. The van der Waals surface area contributed by atoms with Gasteiger partial charge in [-0.25, -0.2) is 0 Å². The van der Waals surface area contributed by atoms with Crippen LogP contribution in [0.1, 0.15) is 10.9 Å². The highest BCUT2D eigenvalue weighted by atomic mass is 32.2. The first-order valence-electron chi connectivity index (χ1n) is 8.04. The monoisotopic (exact) mass is 359 g/mol. The fraction of sp³-hybridized carbons (Fsp3) is 0.316. The third kappa shape index (κ3) is 4.02. The van der Waals surface area contributed by atoms with Crippen molar-refractivity contribution in [3.63, 3.8) is 0 Å². The molecule has 1 aliphatic heterocycles. The number of carbonyl (C=O) groups is 1. The maximum atomic E-state index is 12.3. The van der Waals surface area contributed by atoms with Crippen molar-refractivity contribution in [1.29, 1.82) is 0 Å². The van der Waals surface area contributed by atoms with E-state index in [4.69, 9.17) is 14.2 Å². The number of hydrogen-bond acceptors (Lipinski definition) is 5. The molecule has 1 atom stereocenters. The summed E-state index contributed by atoms with van der Waals surface area (Å²) in [7, 11) is 3.26. The Kier molecular flexibility index (Phi) is 5.71. The van der Waals surface area contributed by atoms with Crippen molar-refractivity contribution in [2.24, 2.45) is 0 Å². The molecule has 0 saturated carbocycles. The van der Waals surface area contributed by atoms with E-state index in [0.29, 0.717) is 18.9 Å². The highest BCUT2D eigenvalue weighted by molar-refractivity contribution is 8.00. The van der Waals surface area contributed by atoms with E-state index in [1.165, 1.54) is 0 Å². The van der Waals surface area contributed by atoms with E-state index in [9.17, 15) is 4.79 Å². The summed E-state index contributed by atoms with van der Waals surface area (Å²) in [5.41, 5.74) is 0.942. The van der Waals surface area contributed by atoms with Gasteiger partial charge in [-0.2, -0.15) is 0 Å². The number of carbonyl (C=O) groups excluding carboxylic acids is 1. The number of hydrogen-bond donors (Lipinski definition) is 0. The number of rotatable bonds is 7. The third-order valence-electron chi connectivity index (χ3n) is 4.02. The van der Waals surface area contributed by atoms with E-state index in [1.54, 1.807) is 26.0 Å². The molecular weight excluding hydrogens is 338 g/mol. The Morgan fingerprint density at radius 1 is 1.08 bits per heavy atom. The molecule has 0 N–H and O–H groups in total. The second-order valence-electron chi connectivity index (χ2n) is 5.52. The molecule has 2 aromatic rings. The molecule has 132 valence electrons. The molecule has 25 heavy (non-hydrogen) atoms. The number of methoxy groups -OCH3 is 2.